The van der Waals surface area contributed by atoms with Crippen LogP contribution in [-0.4, -0.2) is 98.1 Å². The maximum atomic E-state index is 15.9. The van der Waals surface area contributed by atoms with Gasteiger partial charge in [0.25, 0.3) is 0 Å². The van der Waals surface area contributed by atoms with Crippen LogP contribution in [0.15, 0.2) is 143 Å². The molecule has 0 aliphatic carbocycles. The van der Waals surface area contributed by atoms with Crippen molar-refractivity contribution in [2.45, 2.75) is 42.1 Å². The molecule has 0 aliphatic rings. The van der Waals surface area contributed by atoms with Crippen LogP contribution in [0.5, 0.6) is 17.2 Å². The zero-order valence-corrected chi connectivity index (χ0v) is 38.9. The summed E-state index contributed by atoms with van der Waals surface area (Å²) in [6, 6.07) is 33.8. The first kappa shape index (κ1) is 48.5. The average molecular weight is 964 g/mol. The van der Waals surface area contributed by atoms with E-state index in [1.54, 1.807) is 110 Å². The third-order valence-corrected chi connectivity index (χ3v) is 14.1. The minimum absolute atomic E-state index is 0.0655. The number of carbonyl (C=O) groups is 1. The number of aliphatic hydroxyl groups is 1. The van der Waals surface area contributed by atoms with Gasteiger partial charge in [-0.1, -0.05) is 72.8 Å². The van der Waals surface area contributed by atoms with Crippen molar-refractivity contribution in [3.05, 3.63) is 156 Å². The molecule has 5 aromatic carbocycles. The number of benzene rings is 5. The molecule has 68 heavy (non-hydrogen) atoms. The van der Waals surface area contributed by atoms with Crippen LogP contribution in [0, 0.1) is 0 Å². The zero-order valence-electron chi connectivity index (χ0n) is 37.2. The Morgan fingerprint density at radius 2 is 1.35 bits per heavy atom. The van der Waals surface area contributed by atoms with Gasteiger partial charge in [0, 0.05) is 25.8 Å². The molecule has 0 aliphatic heterocycles. The Balaban J connectivity index is 1.38. The number of nitrogens with one attached hydrogen (secondary N) is 2. The normalized spacial score (nSPS) is 12.1. The number of nitrogen functional groups attached to an aromatic ring is 1. The van der Waals surface area contributed by atoms with Crippen LogP contribution < -0.4 is 30.0 Å². The van der Waals surface area contributed by atoms with Crippen molar-refractivity contribution in [3.8, 4) is 39.8 Å². The van der Waals surface area contributed by atoms with Crippen molar-refractivity contribution >= 4 is 32.0 Å². The van der Waals surface area contributed by atoms with E-state index in [-0.39, 0.29) is 49.0 Å². The zero-order chi connectivity index (χ0) is 48.3. The van der Waals surface area contributed by atoms with E-state index in [0.717, 1.165) is 15.9 Å². The molecule has 0 fully saturated rings. The van der Waals surface area contributed by atoms with Crippen LogP contribution >= 0.6 is 0 Å². The highest BCUT2D eigenvalue weighted by Gasteiger charge is 2.38. The summed E-state index contributed by atoms with van der Waals surface area (Å²) >= 11 is 0. The van der Waals surface area contributed by atoms with E-state index in [0.29, 0.717) is 39.5 Å². The Hall–Kier alpha value is -7.43. The number of carbonyl (C=O) groups excluding carboxylic acids is 1. The van der Waals surface area contributed by atoms with Gasteiger partial charge in [-0.25, -0.2) is 31.3 Å². The minimum atomic E-state index is -5.00. The van der Waals surface area contributed by atoms with Gasteiger partial charge in [0.15, 0.2) is 0 Å². The van der Waals surface area contributed by atoms with Crippen LogP contribution in [0.3, 0.4) is 0 Å². The molecular weight excluding hydrogens is 915 g/mol. The van der Waals surface area contributed by atoms with Crippen LogP contribution in [0.4, 0.5) is 10.6 Å². The number of tetrazole rings is 1. The quantitative estimate of drug-likeness (QED) is 0.0739. The summed E-state index contributed by atoms with van der Waals surface area (Å²) in [6.45, 7) is -1.70. The molecule has 0 saturated carbocycles. The molecule has 1 unspecified atom stereocenters. The standard InChI is InChI=1S/C47H49N9O10S2/c1-63-38-15-9-32(10-16-38)27-55(28-33-11-17-39(64-2)18-12-33)68(61,62)45-42(67(59,60)53-37(30-57)26-50-47(58)66-31-35-7-5-4-6-8-35)22-21-41(36-23-24-49-43(48)25-36)44(45)46-51-54-56(52-46)29-34-13-19-40(65-3)20-14-34/h4-25,37,53,57H,26-31H2,1-3H3,(H2,48,49)(H,50,58). The Morgan fingerprint density at radius 1 is 0.765 bits per heavy atom. The average Bonchev–Trinajstić information content (AvgIpc) is 3.82. The van der Waals surface area contributed by atoms with Gasteiger partial charge in [0.2, 0.25) is 25.9 Å². The second-order valence-corrected chi connectivity index (χ2v) is 18.7. The van der Waals surface area contributed by atoms with Crippen molar-refractivity contribution in [1.82, 2.24) is 39.5 Å². The lowest BCUT2D eigenvalue weighted by atomic mass is 10.00. The number of rotatable bonds is 21. The molecule has 0 spiro atoms. The van der Waals surface area contributed by atoms with E-state index in [1.807, 2.05) is 6.07 Å². The first-order chi connectivity index (χ1) is 32.8. The third kappa shape index (κ3) is 11.9. The van der Waals surface area contributed by atoms with E-state index in [9.17, 15) is 18.3 Å². The molecule has 2 aromatic heterocycles. The van der Waals surface area contributed by atoms with Gasteiger partial charge < -0.3 is 35.1 Å². The smallest absolute Gasteiger partial charge is 0.407 e. The number of hydrogen-bond acceptors (Lipinski definition) is 15. The molecule has 7 aromatic rings. The van der Waals surface area contributed by atoms with Crippen LogP contribution in [0.2, 0.25) is 0 Å². The van der Waals surface area contributed by atoms with Gasteiger partial charge in [-0.3, -0.25) is 0 Å². The van der Waals surface area contributed by atoms with Crippen molar-refractivity contribution in [2.24, 2.45) is 0 Å². The molecule has 5 N–H and O–H groups in total. The number of aromatic nitrogens is 5. The number of sulfonamides is 2. The summed E-state index contributed by atoms with van der Waals surface area (Å²) < 4.78 is 86.5. The first-order valence-electron chi connectivity index (χ1n) is 20.9. The topological polar surface area (TPSA) is 252 Å². The number of methoxy groups -OCH3 is 3. The molecular formula is C47H49N9O10S2. The van der Waals surface area contributed by atoms with E-state index < -0.39 is 55.1 Å². The number of pyridine rings is 1. The van der Waals surface area contributed by atoms with Gasteiger partial charge in [0.1, 0.15) is 39.5 Å². The van der Waals surface area contributed by atoms with E-state index in [2.05, 4.69) is 30.4 Å². The highest BCUT2D eigenvalue weighted by Crippen LogP contribution is 2.41. The first-order valence-corrected chi connectivity index (χ1v) is 23.9. The number of alkyl carbamates (subject to hydrolysis) is 1. The molecule has 354 valence electrons. The number of aliphatic hydroxyl groups excluding tert-OH is 1. The lowest BCUT2D eigenvalue weighted by Crippen LogP contribution is -2.46. The molecule has 19 nitrogen and oxygen atoms in total. The summed E-state index contributed by atoms with van der Waals surface area (Å²) in [4.78, 5) is 16.6. The molecule has 0 bridgehead atoms. The predicted molar refractivity (Wildman–Crippen MR) is 251 cm³/mol. The number of hydrogen-bond donors (Lipinski definition) is 4. The maximum Gasteiger partial charge on any atom is 0.407 e. The third-order valence-electron chi connectivity index (χ3n) is 10.5. The maximum absolute atomic E-state index is 15.9. The number of anilines is 1. The molecule has 21 heteroatoms. The molecule has 7 rings (SSSR count). The fourth-order valence-electron chi connectivity index (χ4n) is 7.05. The molecule has 1 amide bonds. The van der Waals surface area contributed by atoms with Gasteiger partial charge >= 0.3 is 6.09 Å². The lowest BCUT2D eigenvalue weighted by molar-refractivity contribution is 0.137. The summed E-state index contributed by atoms with van der Waals surface area (Å²) in [6.07, 6.45) is 0.543. The lowest BCUT2D eigenvalue weighted by Gasteiger charge is -2.27. The van der Waals surface area contributed by atoms with Crippen molar-refractivity contribution < 1.29 is 45.7 Å². The Morgan fingerprint density at radius 3 is 1.91 bits per heavy atom. The Labute approximate surface area is 393 Å². The van der Waals surface area contributed by atoms with E-state index in [1.165, 1.54) is 37.3 Å². The highest BCUT2D eigenvalue weighted by molar-refractivity contribution is 7.92. The number of nitrogens with two attached hydrogens (primary N) is 1. The Kier molecular flexibility index (Phi) is 15.6. The molecule has 2 heterocycles. The summed E-state index contributed by atoms with van der Waals surface area (Å²) in [7, 11) is -5.39. The van der Waals surface area contributed by atoms with Crippen molar-refractivity contribution in [2.75, 3.05) is 40.2 Å². The van der Waals surface area contributed by atoms with Crippen molar-refractivity contribution in [1.29, 1.82) is 0 Å². The second kappa shape index (κ2) is 21.9. The second-order valence-electron chi connectivity index (χ2n) is 15.2. The highest BCUT2D eigenvalue weighted by atomic mass is 32.2. The van der Waals surface area contributed by atoms with E-state index in [4.69, 9.17) is 24.7 Å². The van der Waals surface area contributed by atoms with Gasteiger partial charge in [-0.2, -0.15) is 9.10 Å². The largest absolute Gasteiger partial charge is 0.497 e. The van der Waals surface area contributed by atoms with Crippen LogP contribution in [0.1, 0.15) is 22.3 Å². The van der Waals surface area contributed by atoms with Crippen LogP contribution in [-0.2, 0) is 51.0 Å². The summed E-state index contributed by atoms with van der Waals surface area (Å²) in [5.41, 5.74) is 9.03. The molecule has 0 radical (unpaired) electrons. The summed E-state index contributed by atoms with van der Waals surface area (Å²) in [5, 5.41) is 26.2. The molecule has 1 atom stereocenters. The number of amides is 1. The SMILES string of the molecule is COc1ccc(CN(Cc2ccc(OC)cc2)S(=O)(=O)c2c(S(=O)(=O)NC(CO)CNC(=O)OCc3ccccc3)ccc(-c3ccnc(N)c3)c2-c2nnn(Cc3ccc(OC)cc3)n2)cc1. The number of nitrogens with zero attached hydrogens (tertiary/aromatic N) is 6. The number of ether oxygens (including phenoxy) is 4. The van der Waals surface area contributed by atoms with E-state index >= 15 is 8.42 Å². The van der Waals surface area contributed by atoms with Gasteiger partial charge in [-0.15, -0.1) is 10.2 Å². The van der Waals surface area contributed by atoms with Crippen LogP contribution in [0.25, 0.3) is 22.5 Å². The summed E-state index contributed by atoms with van der Waals surface area (Å²) in [5.74, 6) is 1.54. The Bertz CT molecular complexity index is 2980. The monoisotopic (exact) mass is 963 g/mol. The fraction of sp³-hybridized carbons (Fsp3) is 0.213. The van der Waals surface area contributed by atoms with Gasteiger partial charge in [0.05, 0.1) is 46.1 Å². The molecule has 0 saturated heterocycles. The van der Waals surface area contributed by atoms with Crippen molar-refractivity contribution in [3.63, 3.8) is 0 Å². The van der Waals surface area contributed by atoms with Gasteiger partial charge in [-0.05, 0) is 93.2 Å². The fourth-order valence-corrected chi connectivity index (χ4v) is 10.7. The predicted octanol–water partition coefficient (Wildman–Crippen LogP) is 5.02. The minimum Gasteiger partial charge on any atom is -0.497 e.